The van der Waals surface area contributed by atoms with Gasteiger partial charge in [0.05, 0.1) is 0 Å². The fraction of sp³-hybridized carbons (Fsp3) is 0.675. The SMILES string of the molecule is CC/C=C\C/C=C\C/C=C\C/C=C\CCCCC(=O)OC(/C=C\CCCCCCCC)CCCCCCCCC(=O)NCC(=O)O. The third-order valence-electron chi connectivity index (χ3n) is 7.66. The lowest BCUT2D eigenvalue weighted by molar-refractivity contribution is -0.147. The van der Waals surface area contributed by atoms with Gasteiger partial charge in [0.2, 0.25) is 5.91 Å². The van der Waals surface area contributed by atoms with Crippen LogP contribution in [0.25, 0.3) is 0 Å². The van der Waals surface area contributed by atoms with Gasteiger partial charge in [-0.05, 0) is 83.1 Å². The van der Waals surface area contributed by atoms with Gasteiger partial charge >= 0.3 is 11.9 Å². The van der Waals surface area contributed by atoms with Gasteiger partial charge in [0.1, 0.15) is 12.6 Å². The number of hydrogen-bond donors (Lipinski definition) is 2. The Bertz CT molecular complexity index is 886. The van der Waals surface area contributed by atoms with Crippen molar-refractivity contribution in [3.63, 3.8) is 0 Å². The van der Waals surface area contributed by atoms with Gasteiger partial charge in [0, 0.05) is 12.8 Å². The molecule has 0 rings (SSSR count). The van der Waals surface area contributed by atoms with E-state index in [-0.39, 0.29) is 24.5 Å². The lowest BCUT2D eigenvalue weighted by atomic mass is 10.0. The van der Waals surface area contributed by atoms with Gasteiger partial charge in [0.15, 0.2) is 0 Å². The van der Waals surface area contributed by atoms with E-state index in [9.17, 15) is 14.4 Å². The van der Waals surface area contributed by atoms with E-state index < -0.39 is 5.97 Å². The summed E-state index contributed by atoms with van der Waals surface area (Å²) in [4.78, 5) is 34.7. The van der Waals surface area contributed by atoms with E-state index in [0.29, 0.717) is 12.8 Å². The average molecular weight is 642 g/mol. The van der Waals surface area contributed by atoms with Crippen LogP contribution in [-0.4, -0.2) is 35.6 Å². The summed E-state index contributed by atoms with van der Waals surface area (Å²) in [6.45, 7) is 4.07. The van der Waals surface area contributed by atoms with Gasteiger partial charge < -0.3 is 15.2 Å². The predicted octanol–water partition coefficient (Wildman–Crippen LogP) is 10.9. The van der Waals surface area contributed by atoms with Crippen LogP contribution in [0.3, 0.4) is 0 Å². The molecule has 0 aromatic carbocycles. The fourth-order valence-corrected chi connectivity index (χ4v) is 4.94. The number of carboxylic acid groups (broad SMARTS) is 1. The minimum absolute atomic E-state index is 0.0967. The van der Waals surface area contributed by atoms with E-state index in [2.05, 4.69) is 79.9 Å². The Kier molecular flexibility index (Phi) is 32.8. The highest BCUT2D eigenvalue weighted by atomic mass is 16.5. The standard InChI is InChI=1S/C40H67NO5/c1-3-5-7-9-11-13-14-15-16-17-18-19-21-27-31-35-40(45)46-37(32-28-24-20-12-10-8-6-4-2)33-29-25-22-23-26-30-34-38(42)41-36-39(43)44/h5,7,11,13,15-16,18-19,28,32,37H,3-4,6,8-10,12,14,17,20-27,29-31,33-36H2,1-2H3,(H,41,42)(H,43,44)/b7-5-,13-11-,16-15-,19-18-,32-28-. The molecule has 1 amide bonds. The molecule has 0 radical (unpaired) electrons. The summed E-state index contributed by atoms with van der Waals surface area (Å²) in [7, 11) is 0. The normalized spacial score (nSPS) is 12.7. The maximum absolute atomic E-state index is 12.6. The number of allylic oxidation sites excluding steroid dienone is 9. The highest BCUT2D eigenvalue weighted by Crippen LogP contribution is 2.15. The van der Waals surface area contributed by atoms with Crippen LogP contribution in [0, 0.1) is 0 Å². The maximum Gasteiger partial charge on any atom is 0.322 e. The molecular weight excluding hydrogens is 574 g/mol. The number of nitrogens with one attached hydrogen (secondary N) is 1. The first-order valence-corrected chi connectivity index (χ1v) is 18.4. The number of unbranched alkanes of at least 4 members (excludes halogenated alkanes) is 13. The third-order valence-corrected chi connectivity index (χ3v) is 7.66. The summed E-state index contributed by atoms with van der Waals surface area (Å²) in [6.07, 6.45) is 44.9. The highest BCUT2D eigenvalue weighted by Gasteiger charge is 2.11. The van der Waals surface area contributed by atoms with Gasteiger partial charge in [-0.25, -0.2) is 0 Å². The van der Waals surface area contributed by atoms with E-state index in [1.54, 1.807) is 0 Å². The number of carbonyl (C=O) groups excluding carboxylic acids is 2. The molecule has 2 N–H and O–H groups in total. The molecule has 0 fully saturated rings. The van der Waals surface area contributed by atoms with E-state index in [1.165, 1.54) is 38.5 Å². The van der Waals surface area contributed by atoms with Gasteiger partial charge in [-0.2, -0.15) is 0 Å². The molecular formula is C40H67NO5. The molecule has 46 heavy (non-hydrogen) atoms. The molecule has 0 bridgehead atoms. The molecule has 262 valence electrons. The Morgan fingerprint density at radius 3 is 1.78 bits per heavy atom. The Labute approximate surface area is 281 Å². The minimum atomic E-state index is -1.02. The van der Waals surface area contributed by atoms with Gasteiger partial charge in [-0.1, -0.05) is 126 Å². The fourth-order valence-electron chi connectivity index (χ4n) is 4.94. The van der Waals surface area contributed by atoms with E-state index >= 15 is 0 Å². The molecule has 1 atom stereocenters. The zero-order valence-electron chi connectivity index (χ0n) is 29.4. The highest BCUT2D eigenvalue weighted by molar-refractivity contribution is 5.80. The second kappa shape index (κ2) is 35.0. The molecule has 0 aliphatic rings. The Morgan fingerprint density at radius 1 is 0.609 bits per heavy atom. The van der Waals surface area contributed by atoms with Crippen molar-refractivity contribution in [3.05, 3.63) is 60.8 Å². The van der Waals surface area contributed by atoms with Gasteiger partial charge in [-0.3, -0.25) is 14.4 Å². The third kappa shape index (κ3) is 34.0. The molecule has 0 saturated heterocycles. The molecule has 1 unspecified atom stereocenters. The molecule has 0 spiro atoms. The molecule has 0 aliphatic carbocycles. The van der Waals surface area contributed by atoms with Crippen molar-refractivity contribution >= 4 is 17.8 Å². The number of aliphatic carboxylic acids is 1. The summed E-state index contributed by atoms with van der Waals surface area (Å²) in [6, 6.07) is 0. The number of rotatable bonds is 32. The van der Waals surface area contributed by atoms with Crippen LogP contribution >= 0.6 is 0 Å². The van der Waals surface area contributed by atoms with Crippen LogP contribution in [0.1, 0.15) is 162 Å². The van der Waals surface area contributed by atoms with Crippen molar-refractivity contribution in [3.8, 4) is 0 Å². The van der Waals surface area contributed by atoms with Crippen molar-refractivity contribution in [2.75, 3.05) is 6.54 Å². The maximum atomic E-state index is 12.6. The summed E-state index contributed by atoms with van der Waals surface area (Å²) in [5, 5.41) is 11.0. The lowest BCUT2D eigenvalue weighted by Crippen LogP contribution is -2.28. The first kappa shape index (κ1) is 43.1. The smallest absolute Gasteiger partial charge is 0.322 e. The topological polar surface area (TPSA) is 92.7 Å². The van der Waals surface area contributed by atoms with Crippen molar-refractivity contribution in [2.45, 2.75) is 168 Å². The summed E-state index contributed by atoms with van der Waals surface area (Å²) in [5.74, 6) is -1.32. The number of esters is 1. The number of carboxylic acids is 1. The van der Waals surface area contributed by atoms with E-state index in [1.807, 2.05) is 0 Å². The van der Waals surface area contributed by atoms with E-state index in [4.69, 9.17) is 9.84 Å². The predicted molar refractivity (Wildman–Crippen MR) is 194 cm³/mol. The molecule has 0 aromatic rings. The van der Waals surface area contributed by atoms with Crippen LogP contribution in [-0.2, 0) is 19.1 Å². The summed E-state index contributed by atoms with van der Waals surface area (Å²) in [5.41, 5.74) is 0. The molecule has 0 aromatic heterocycles. The molecule has 0 heterocycles. The zero-order chi connectivity index (χ0) is 33.8. The van der Waals surface area contributed by atoms with Crippen molar-refractivity contribution in [1.82, 2.24) is 5.32 Å². The van der Waals surface area contributed by atoms with Gasteiger partial charge in [-0.15, -0.1) is 0 Å². The number of ether oxygens (including phenoxy) is 1. The molecule has 0 saturated carbocycles. The largest absolute Gasteiger partial charge is 0.480 e. The quantitative estimate of drug-likeness (QED) is 0.0433. The van der Waals surface area contributed by atoms with Crippen molar-refractivity contribution in [1.29, 1.82) is 0 Å². The molecule has 0 aliphatic heterocycles. The van der Waals surface area contributed by atoms with Crippen LogP contribution in [0.15, 0.2) is 60.8 Å². The van der Waals surface area contributed by atoms with Crippen LogP contribution in [0.4, 0.5) is 0 Å². The number of carbonyl (C=O) groups is 3. The van der Waals surface area contributed by atoms with Gasteiger partial charge in [0.25, 0.3) is 0 Å². The lowest BCUT2D eigenvalue weighted by Gasteiger charge is -2.15. The van der Waals surface area contributed by atoms with Crippen LogP contribution in [0.5, 0.6) is 0 Å². The number of amides is 1. The Balaban J connectivity index is 4.26. The second-order valence-corrected chi connectivity index (χ2v) is 12.1. The van der Waals surface area contributed by atoms with E-state index in [0.717, 1.165) is 96.3 Å². The molecule has 6 nitrogen and oxygen atoms in total. The minimum Gasteiger partial charge on any atom is -0.480 e. The second-order valence-electron chi connectivity index (χ2n) is 12.1. The Morgan fingerprint density at radius 2 is 1.13 bits per heavy atom. The zero-order valence-corrected chi connectivity index (χ0v) is 29.4. The first-order valence-electron chi connectivity index (χ1n) is 18.4. The van der Waals surface area contributed by atoms with Crippen molar-refractivity contribution < 1.29 is 24.2 Å². The monoisotopic (exact) mass is 642 g/mol. The summed E-state index contributed by atoms with van der Waals surface area (Å²) < 4.78 is 5.89. The summed E-state index contributed by atoms with van der Waals surface area (Å²) >= 11 is 0. The Hall–Kier alpha value is -2.89. The average Bonchev–Trinajstić information content (AvgIpc) is 3.04. The molecule has 6 heteroatoms. The first-order chi connectivity index (χ1) is 22.5. The van der Waals surface area contributed by atoms with Crippen LogP contribution in [0.2, 0.25) is 0 Å². The van der Waals surface area contributed by atoms with Crippen molar-refractivity contribution in [2.24, 2.45) is 0 Å². The van der Waals surface area contributed by atoms with Crippen LogP contribution < -0.4 is 5.32 Å². The number of hydrogen-bond acceptors (Lipinski definition) is 4.